The van der Waals surface area contributed by atoms with E-state index in [9.17, 15) is 0 Å². The van der Waals surface area contributed by atoms with Gasteiger partial charge in [-0.3, -0.25) is 0 Å². The number of thiophene rings is 1. The van der Waals surface area contributed by atoms with Gasteiger partial charge in [0.2, 0.25) is 0 Å². The van der Waals surface area contributed by atoms with Crippen LogP contribution in [0.2, 0.25) is 0 Å². The molecule has 2 aromatic heterocycles. The molecule has 0 aromatic carbocycles. The van der Waals surface area contributed by atoms with Crippen LogP contribution in [-0.2, 0) is 17.8 Å². The summed E-state index contributed by atoms with van der Waals surface area (Å²) in [4.78, 5) is 12.1. The van der Waals surface area contributed by atoms with Gasteiger partial charge in [0.15, 0.2) is 5.16 Å². The predicted octanol–water partition coefficient (Wildman–Crippen LogP) is 5.40. The lowest BCUT2D eigenvalue weighted by molar-refractivity contribution is -0.0542. The van der Waals surface area contributed by atoms with Gasteiger partial charge in [-0.2, -0.15) is 0 Å². The molecule has 1 N–H and O–H groups in total. The normalized spacial score (nSPS) is 24.4. The van der Waals surface area contributed by atoms with E-state index in [2.05, 4.69) is 25.4 Å². The molecule has 1 aliphatic heterocycles. The van der Waals surface area contributed by atoms with Crippen LogP contribution in [-0.4, -0.2) is 27.9 Å². The maximum atomic E-state index is 6.15. The summed E-state index contributed by atoms with van der Waals surface area (Å²) in [5.41, 5.74) is 1.35. The van der Waals surface area contributed by atoms with Crippen LogP contribution in [0.5, 0.6) is 0 Å². The van der Waals surface area contributed by atoms with Crippen molar-refractivity contribution in [2.75, 3.05) is 11.6 Å². The van der Waals surface area contributed by atoms with E-state index < -0.39 is 0 Å². The molecule has 1 aliphatic carbocycles. The van der Waals surface area contributed by atoms with Crippen LogP contribution in [0.1, 0.15) is 62.8 Å². The van der Waals surface area contributed by atoms with Crippen molar-refractivity contribution in [1.29, 1.82) is 0 Å². The Labute approximate surface area is 158 Å². The van der Waals surface area contributed by atoms with Crippen LogP contribution in [0.3, 0.4) is 0 Å². The molecule has 2 aromatic rings. The van der Waals surface area contributed by atoms with Gasteiger partial charge in [-0.25, -0.2) is 9.97 Å². The fraction of sp³-hybridized carbons (Fsp3) is 0.684. The number of nitrogens with one attached hydrogen (secondary N) is 1. The highest BCUT2D eigenvalue weighted by atomic mass is 32.2. The Morgan fingerprint density at radius 1 is 1.28 bits per heavy atom. The van der Waals surface area contributed by atoms with Crippen molar-refractivity contribution in [2.24, 2.45) is 0 Å². The number of aromatic nitrogens is 2. The van der Waals surface area contributed by atoms with Crippen LogP contribution in [0, 0.1) is 0 Å². The molecule has 136 valence electrons. The van der Waals surface area contributed by atoms with E-state index in [1.807, 2.05) is 0 Å². The fourth-order valence-corrected chi connectivity index (χ4v) is 5.44. The van der Waals surface area contributed by atoms with Crippen LogP contribution in [0.15, 0.2) is 5.16 Å². The maximum absolute atomic E-state index is 6.15. The van der Waals surface area contributed by atoms with E-state index >= 15 is 0 Å². The first-order chi connectivity index (χ1) is 12.1. The number of anilines is 1. The molecule has 6 heteroatoms. The molecule has 0 spiro atoms. The van der Waals surface area contributed by atoms with Crippen LogP contribution in [0.4, 0.5) is 5.82 Å². The zero-order chi connectivity index (χ0) is 17.4. The number of nitrogens with zero attached hydrogens (tertiary/aromatic N) is 2. The van der Waals surface area contributed by atoms with E-state index in [1.54, 1.807) is 23.1 Å². The lowest BCUT2D eigenvalue weighted by atomic mass is 9.90. The van der Waals surface area contributed by atoms with Gasteiger partial charge >= 0.3 is 0 Å². The molecular formula is C19H27N3OS2. The van der Waals surface area contributed by atoms with Crippen LogP contribution < -0.4 is 5.32 Å². The zero-order valence-corrected chi connectivity index (χ0v) is 17.0. The third kappa shape index (κ3) is 3.40. The summed E-state index contributed by atoms with van der Waals surface area (Å²) in [6, 6.07) is 0.550. The summed E-state index contributed by atoms with van der Waals surface area (Å²) in [6.45, 7) is 5.14. The summed E-state index contributed by atoms with van der Waals surface area (Å²) >= 11 is 3.41. The average molecular weight is 378 g/mol. The third-order valence-corrected chi connectivity index (χ3v) is 7.34. The molecule has 0 bridgehead atoms. The highest BCUT2D eigenvalue weighted by Crippen LogP contribution is 2.42. The van der Waals surface area contributed by atoms with Gasteiger partial charge in [0, 0.05) is 17.3 Å². The molecule has 1 atom stereocenters. The minimum absolute atomic E-state index is 0.0682. The molecule has 4 nitrogen and oxygen atoms in total. The Kier molecular flexibility index (Phi) is 4.95. The van der Waals surface area contributed by atoms with Crippen molar-refractivity contribution >= 4 is 39.1 Å². The van der Waals surface area contributed by atoms with Crippen molar-refractivity contribution in [3.63, 3.8) is 0 Å². The standard InChI is InChI=1S/C19H27N3OS2/c1-4-19(2)10-13-14(11-23-19)25-17-15(13)16(21-18(22-17)24-3)20-12-8-6-5-7-9-12/h12H,4-11H2,1-3H3,(H,20,21,22)/t19-/m0/s1. The smallest absolute Gasteiger partial charge is 0.190 e. The summed E-state index contributed by atoms with van der Waals surface area (Å²) in [5.74, 6) is 1.05. The summed E-state index contributed by atoms with van der Waals surface area (Å²) in [5, 5.41) is 5.90. The number of thioether (sulfide) groups is 1. The first kappa shape index (κ1) is 17.6. The molecule has 0 unspecified atom stereocenters. The van der Waals surface area contributed by atoms with E-state index in [1.165, 1.54) is 47.9 Å². The van der Waals surface area contributed by atoms with Gasteiger partial charge in [0.1, 0.15) is 10.6 Å². The van der Waals surface area contributed by atoms with Crippen molar-refractivity contribution in [1.82, 2.24) is 9.97 Å². The molecule has 0 radical (unpaired) electrons. The lowest BCUT2D eigenvalue weighted by Crippen LogP contribution is -2.34. The Balaban J connectivity index is 1.78. The minimum atomic E-state index is -0.0682. The zero-order valence-electron chi connectivity index (χ0n) is 15.4. The molecule has 0 saturated heterocycles. The minimum Gasteiger partial charge on any atom is -0.369 e. The van der Waals surface area contributed by atoms with Crippen molar-refractivity contribution in [2.45, 2.75) is 82.2 Å². The second kappa shape index (κ2) is 7.05. The van der Waals surface area contributed by atoms with Crippen LogP contribution in [0.25, 0.3) is 10.2 Å². The summed E-state index contributed by atoms with van der Waals surface area (Å²) in [6.07, 6.45) is 10.6. The molecule has 2 aliphatic rings. The highest BCUT2D eigenvalue weighted by molar-refractivity contribution is 7.98. The Hall–Kier alpha value is -0.850. The second-order valence-electron chi connectivity index (χ2n) is 7.49. The molecular weight excluding hydrogens is 350 g/mol. The van der Waals surface area contributed by atoms with Gasteiger partial charge in [0.05, 0.1) is 17.6 Å². The Morgan fingerprint density at radius 2 is 2.08 bits per heavy atom. The van der Waals surface area contributed by atoms with Gasteiger partial charge < -0.3 is 10.1 Å². The average Bonchev–Trinajstić information content (AvgIpc) is 3.00. The van der Waals surface area contributed by atoms with E-state index in [0.717, 1.165) is 28.6 Å². The number of hydrogen-bond acceptors (Lipinski definition) is 6. The van der Waals surface area contributed by atoms with E-state index in [4.69, 9.17) is 14.7 Å². The topological polar surface area (TPSA) is 47.0 Å². The molecule has 25 heavy (non-hydrogen) atoms. The van der Waals surface area contributed by atoms with Crippen LogP contribution >= 0.6 is 23.1 Å². The first-order valence-electron chi connectivity index (χ1n) is 9.38. The molecule has 1 fully saturated rings. The lowest BCUT2D eigenvalue weighted by Gasteiger charge is -2.33. The highest BCUT2D eigenvalue weighted by Gasteiger charge is 2.33. The van der Waals surface area contributed by atoms with Gasteiger partial charge in [0.25, 0.3) is 0 Å². The summed E-state index contributed by atoms with van der Waals surface area (Å²) < 4.78 is 6.15. The van der Waals surface area contributed by atoms with Crippen molar-refractivity contribution < 1.29 is 4.74 Å². The Morgan fingerprint density at radius 3 is 2.80 bits per heavy atom. The van der Waals surface area contributed by atoms with Gasteiger partial charge in [-0.1, -0.05) is 37.9 Å². The SMILES string of the molecule is CC[C@@]1(C)Cc2c(sc3nc(SC)nc(NC4CCCCC4)c23)CO1. The van der Waals surface area contributed by atoms with Gasteiger partial charge in [-0.15, -0.1) is 11.3 Å². The van der Waals surface area contributed by atoms with Crippen molar-refractivity contribution in [3.8, 4) is 0 Å². The predicted molar refractivity (Wildman–Crippen MR) is 107 cm³/mol. The second-order valence-corrected chi connectivity index (χ2v) is 9.35. The number of ether oxygens (including phenoxy) is 1. The van der Waals surface area contributed by atoms with E-state index in [-0.39, 0.29) is 5.60 Å². The molecule has 4 rings (SSSR count). The monoisotopic (exact) mass is 377 g/mol. The molecule has 1 saturated carbocycles. The molecule has 0 amide bonds. The van der Waals surface area contributed by atoms with Gasteiger partial charge in [-0.05, 0) is 38.0 Å². The Bertz CT molecular complexity index is 770. The largest absolute Gasteiger partial charge is 0.369 e. The number of rotatable bonds is 4. The third-order valence-electron chi connectivity index (χ3n) is 5.69. The van der Waals surface area contributed by atoms with E-state index in [0.29, 0.717) is 12.6 Å². The molecule has 3 heterocycles. The quantitative estimate of drug-likeness (QED) is 0.571. The summed E-state index contributed by atoms with van der Waals surface area (Å²) in [7, 11) is 0. The maximum Gasteiger partial charge on any atom is 0.190 e. The number of hydrogen-bond donors (Lipinski definition) is 1. The first-order valence-corrected chi connectivity index (χ1v) is 11.4. The number of fused-ring (bicyclic) bond motifs is 3. The van der Waals surface area contributed by atoms with Crippen molar-refractivity contribution in [3.05, 3.63) is 10.4 Å². The fourth-order valence-electron chi connectivity index (χ4n) is 3.92.